The van der Waals surface area contributed by atoms with Crippen LogP contribution in [-0.4, -0.2) is 12.7 Å². The predicted molar refractivity (Wildman–Crippen MR) is 42.5 cm³/mol. The van der Waals surface area contributed by atoms with Gasteiger partial charge in [0.2, 0.25) is 0 Å². The van der Waals surface area contributed by atoms with Crippen molar-refractivity contribution >= 4 is 0 Å². The number of halogens is 1. The SMILES string of the molecule is C=C/C(=C\CC(C)F)CN. The summed E-state index contributed by atoms with van der Waals surface area (Å²) in [6.07, 6.45) is 3.07. The molecule has 0 aliphatic carbocycles. The molecule has 0 amide bonds. The van der Waals surface area contributed by atoms with Crippen LogP contribution in [0.2, 0.25) is 0 Å². The molecule has 0 saturated carbocycles. The van der Waals surface area contributed by atoms with Crippen LogP contribution in [-0.2, 0) is 0 Å². The van der Waals surface area contributed by atoms with Crippen LogP contribution < -0.4 is 5.73 Å². The first-order chi connectivity index (χ1) is 4.70. The Bertz CT molecular complexity index is 127. The zero-order valence-electron chi connectivity index (χ0n) is 6.31. The van der Waals surface area contributed by atoms with Crippen LogP contribution in [0.25, 0.3) is 0 Å². The van der Waals surface area contributed by atoms with Gasteiger partial charge in [0.05, 0.1) is 0 Å². The fraction of sp³-hybridized carbons (Fsp3) is 0.500. The number of allylic oxidation sites excluding steroid dienone is 1. The Morgan fingerprint density at radius 2 is 2.40 bits per heavy atom. The van der Waals surface area contributed by atoms with Crippen LogP contribution in [0.15, 0.2) is 24.3 Å². The van der Waals surface area contributed by atoms with Gasteiger partial charge in [-0.2, -0.15) is 0 Å². The molecule has 0 rings (SSSR count). The summed E-state index contributed by atoms with van der Waals surface area (Å²) in [6.45, 7) is 5.50. The Morgan fingerprint density at radius 1 is 1.80 bits per heavy atom. The Kier molecular flexibility index (Phi) is 4.85. The van der Waals surface area contributed by atoms with E-state index in [4.69, 9.17) is 5.73 Å². The van der Waals surface area contributed by atoms with Crippen LogP contribution in [0.3, 0.4) is 0 Å². The summed E-state index contributed by atoms with van der Waals surface area (Å²) in [5, 5.41) is 0. The monoisotopic (exact) mass is 143 g/mol. The maximum atomic E-state index is 12.2. The minimum absolute atomic E-state index is 0.429. The molecule has 0 saturated heterocycles. The highest BCUT2D eigenvalue weighted by Gasteiger charge is 1.93. The Labute approximate surface area is 61.4 Å². The van der Waals surface area contributed by atoms with Crippen molar-refractivity contribution in [3.8, 4) is 0 Å². The third kappa shape index (κ3) is 4.27. The first-order valence-electron chi connectivity index (χ1n) is 3.36. The van der Waals surface area contributed by atoms with E-state index in [0.717, 1.165) is 5.57 Å². The van der Waals surface area contributed by atoms with Gasteiger partial charge < -0.3 is 5.73 Å². The lowest BCUT2D eigenvalue weighted by molar-refractivity contribution is 0.365. The van der Waals surface area contributed by atoms with Gasteiger partial charge in [0.25, 0.3) is 0 Å². The third-order valence-corrected chi connectivity index (χ3v) is 1.20. The summed E-state index contributed by atoms with van der Waals surface area (Å²) >= 11 is 0. The molecule has 0 bridgehead atoms. The van der Waals surface area contributed by atoms with Gasteiger partial charge in [0, 0.05) is 6.54 Å². The molecule has 0 aromatic carbocycles. The van der Waals surface area contributed by atoms with Crippen molar-refractivity contribution < 1.29 is 4.39 Å². The van der Waals surface area contributed by atoms with Crippen LogP contribution in [0.5, 0.6) is 0 Å². The molecule has 0 aliphatic rings. The number of alkyl halides is 1. The lowest BCUT2D eigenvalue weighted by atomic mass is 10.2. The quantitative estimate of drug-likeness (QED) is 0.597. The Hall–Kier alpha value is -0.630. The second kappa shape index (κ2) is 5.18. The normalized spacial score (nSPS) is 14.9. The summed E-state index contributed by atoms with van der Waals surface area (Å²) < 4.78 is 12.2. The van der Waals surface area contributed by atoms with Gasteiger partial charge >= 0.3 is 0 Å². The highest BCUT2D eigenvalue weighted by molar-refractivity contribution is 5.17. The van der Waals surface area contributed by atoms with E-state index in [9.17, 15) is 4.39 Å². The summed E-state index contributed by atoms with van der Waals surface area (Å²) in [6, 6.07) is 0. The van der Waals surface area contributed by atoms with Gasteiger partial charge in [-0.05, 0) is 18.9 Å². The summed E-state index contributed by atoms with van der Waals surface area (Å²) in [5.41, 5.74) is 6.21. The molecule has 58 valence electrons. The molecule has 0 spiro atoms. The minimum atomic E-state index is -0.790. The average molecular weight is 143 g/mol. The molecule has 1 unspecified atom stereocenters. The van der Waals surface area contributed by atoms with Gasteiger partial charge in [-0.25, -0.2) is 4.39 Å². The van der Waals surface area contributed by atoms with Gasteiger partial charge in [-0.1, -0.05) is 18.7 Å². The van der Waals surface area contributed by atoms with E-state index in [2.05, 4.69) is 6.58 Å². The largest absolute Gasteiger partial charge is 0.327 e. The van der Waals surface area contributed by atoms with Gasteiger partial charge in [-0.3, -0.25) is 0 Å². The minimum Gasteiger partial charge on any atom is -0.327 e. The van der Waals surface area contributed by atoms with E-state index in [-0.39, 0.29) is 0 Å². The molecule has 1 nitrogen and oxygen atoms in total. The lowest BCUT2D eigenvalue weighted by Crippen LogP contribution is -2.01. The molecule has 0 fully saturated rings. The molecular formula is C8H14FN. The van der Waals surface area contributed by atoms with Crippen LogP contribution >= 0.6 is 0 Å². The third-order valence-electron chi connectivity index (χ3n) is 1.20. The smallest absolute Gasteiger partial charge is 0.101 e. The molecule has 0 radical (unpaired) electrons. The highest BCUT2D eigenvalue weighted by Crippen LogP contribution is 2.01. The van der Waals surface area contributed by atoms with E-state index in [1.165, 1.54) is 6.92 Å². The maximum absolute atomic E-state index is 12.2. The fourth-order valence-electron chi connectivity index (χ4n) is 0.564. The summed E-state index contributed by atoms with van der Waals surface area (Å²) in [5.74, 6) is 0. The maximum Gasteiger partial charge on any atom is 0.101 e. The van der Waals surface area contributed by atoms with Crippen molar-refractivity contribution in [1.29, 1.82) is 0 Å². The number of nitrogens with two attached hydrogens (primary N) is 1. The first kappa shape index (κ1) is 9.37. The van der Waals surface area contributed by atoms with Crippen molar-refractivity contribution in [2.24, 2.45) is 5.73 Å². The molecule has 1 atom stereocenters. The van der Waals surface area contributed by atoms with Crippen LogP contribution in [0.4, 0.5) is 4.39 Å². The van der Waals surface area contributed by atoms with Crippen molar-refractivity contribution in [1.82, 2.24) is 0 Å². The molecule has 0 aliphatic heterocycles. The summed E-state index contributed by atoms with van der Waals surface area (Å²) in [7, 11) is 0. The number of hydrogen-bond donors (Lipinski definition) is 1. The second-order valence-electron chi connectivity index (χ2n) is 2.20. The fourth-order valence-corrected chi connectivity index (χ4v) is 0.564. The number of hydrogen-bond acceptors (Lipinski definition) is 1. The van der Waals surface area contributed by atoms with E-state index in [1.807, 2.05) is 0 Å². The Morgan fingerprint density at radius 3 is 2.70 bits per heavy atom. The van der Waals surface area contributed by atoms with Crippen LogP contribution in [0.1, 0.15) is 13.3 Å². The molecule has 10 heavy (non-hydrogen) atoms. The zero-order chi connectivity index (χ0) is 7.98. The molecular weight excluding hydrogens is 129 g/mol. The standard InChI is InChI=1S/C8H14FN/c1-3-8(6-10)5-4-7(2)9/h3,5,7H,1,4,6,10H2,2H3/b8-5+. The van der Waals surface area contributed by atoms with E-state index in [0.29, 0.717) is 13.0 Å². The molecule has 0 heterocycles. The topological polar surface area (TPSA) is 26.0 Å². The molecule has 0 aromatic heterocycles. The Balaban J connectivity index is 3.74. The van der Waals surface area contributed by atoms with E-state index < -0.39 is 6.17 Å². The molecule has 2 N–H and O–H groups in total. The lowest BCUT2D eigenvalue weighted by Gasteiger charge is -1.97. The van der Waals surface area contributed by atoms with Crippen LogP contribution in [0, 0.1) is 0 Å². The summed E-state index contributed by atoms with van der Waals surface area (Å²) in [4.78, 5) is 0. The average Bonchev–Trinajstić information content (AvgIpc) is 1.90. The van der Waals surface area contributed by atoms with Gasteiger partial charge in [0.1, 0.15) is 6.17 Å². The zero-order valence-corrected chi connectivity index (χ0v) is 6.31. The predicted octanol–water partition coefficient (Wildman–Crippen LogP) is 1.81. The highest BCUT2D eigenvalue weighted by atomic mass is 19.1. The van der Waals surface area contributed by atoms with Gasteiger partial charge in [-0.15, -0.1) is 0 Å². The first-order valence-corrected chi connectivity index (χ1v) is 3.36. The van der Waals surface area contributed by atoms with E-state index in [1.54, 1.807) is 12.2 Å². The van der Waals surface area contributed by atoms with Crippen molar-refractivity contribution in [2.45, 2.75) is 19.5 Å². The van der Waals surface area contributed by atoms with Crippen molar-refractivity contribution in [3.63, 3.8) is 0 Å². The molecule has 2 heteroatoms. The van der Waals surface area contributed by atoms with Gasteiger partial charge in [0.15, 0.2) is 0 Å². The van der Waals surface area contributed by atoms with Crippen molar-refractivity contribution in [3.05, 3.63) is 24.3 Å². The van der Waals surface area contributed by atoms with E-state index >= 15 is 0 Å². The molecule has 0 aromatic rings. The van der Waals surface area contributed by atoms with Crippen molar-refractivity contribution in [2.75, 3.05) is 6.54 Å². The number of rotatable bonds is 4. The second-order valence-corrected chi connectivity index (χ2v) is 2.20.